The van der Waals surface area contributed by atoms with Gasteiger partial charge in [-0.15, -0.1) is 0 Å². The van der Waals surface area contributed by atoms with Gasteiger partial charge in [-0.25, -0.2) is 4.98 Å². The first-order chi connectivity index (χ1) is 22.1. The van der Waals surface area contributed by atoms with E-state index in [1.165, 1.54) is 11.1 Å². The Morgan fingerprint density at radius 1 is 0.844 bits per heavy atom. The predicted molar refractivity (Wildman–Crippen MR) is 175 cm³/mol. The third-order valence-corrected chi connectivity index (χ3v) is 7.95. The number of rotatable bonds is 12. The van der Waals surface area contributed by atoms with E-state index in [2.05, 4.69) is 48.5 Å². The zero-order chi connectivity index (χ0) is 31.0. The molecule has 2 heterocycles. The van der Waals surface area contributed by atoms with Crippen molar-refractivity contribution in [1.29, 1.82) is 0 Å². The van der Waals surface area contributed by atoms with E-state index in [-0.39, 0.29) is 24.3 Å². The lowest BCUT2D eigenvalue weighted by Crippen LogP contribution is -2.32. The van der Waals surface area contributed by atoms with E-state index >= 15 is 0 Å². The molecule has 6 aromatic rings. The van der Waals surface area contributed by atoms with Crippen LogP contribution in [-0.4, -0.2) is 39.5 Å². The van der Waals surface area contributed by atoms with Crippen molar-refractivity contribution in [3.05, 3.63) is 150 Å². The molecule has 0 N–H and O–H groups in total. The van der Waals surface area contributed by atoms with Crippen molar-refractivity contribution < 1.29 is 18.7 Å². The molecule has 0 saturated carbocycles. The fraction of sp³-hybridized carbons (Fsp3) is 0.184. The first-order valence-electron chi connectivity index (χ1n) is 15.2. The molecule has 7 nitrogen and oxygen atoms in total. The molecule has 0 fully saturated rings. The molecule has 7 heteroatoms. The number of amides is 1. The molecule has 0 atom stereocenters. The van der Waals surface area contributed by atoms with Gasteiger partial charge in [0.2, 0.25) is 5.89 Å². The molecule has 4 aromatic carbocycles. The van der Waals surface area contributed by atoms with Gasteiger partial charge in [0.25, 0.3) is 5.91 Å². The number of carbonyl (C=O) groups excluding carboxylic acids is 2. The lowest BCUT2D eigenvalue weighted by molar-refractivity contribution is -0.143. The normalized spacial score (nSPS) is 11.2. The van der Waals surface area contributed by atoms with Crippen LogP contribution in [0.5, 0.6) is 0 Å². The Bertz CT molecular complexity index is 1820. The van der Waals surface area contributed by atoms with E-state index in [1.54, 1.807) is 13.2 Å². The van der Waals surface area contributed by atoms with Crippen LogP contribution in [0.4, 0.5) is 0 Å². The van der Waals surface area contributed by atoms with E-state index in [9.17, 15) is 9.59 Å². The molecule has 0 spiro atoms. The Kier molecular flexibility index (Phi) is 9.16. The Hall–Kier alpha value is -5.43. The van der Waals surface area contributed by atoms with Crippen molar-refractivity contribution >= 4 is 22.8 Å². The number of nitrogens with zero attached hydrogens (tertiary/aromatic N) is 3. The summed E-state index contributed by atoms with van der Waals surface area (Å²) in [6, 6.07) is 38.0. The van der Waals surface area contributed by atoms with Crippen molar-refractivity contribution in [3.8, 4) is 11.5 Å². The second-order valence-electron chi connectivity index (χ2n) is 10.9. The molecule has 0 aliphatic carbocycles. The summed E-state index contributed by atoms with van der Waals surface area (Å²) in [5.41, 5.74) is 5.41. The second kappa shape index (κ2) is 13.9. The fourth-order valence-electron chi connectivity index (χ4n) is 5.79. The van der Waals surface area contributed by atoms with E-state index in [0.29, 0.717) is 36.8 Å². The molecule has 0 aliphatic heterocycles. The summed E-state index contributed by atoms with van der Waals surface area (Å²) in [7, 11) is 0. The van der Waals surface area contributed by atoms with Crippen LogP contribution in [0.2, 0.25) is 0 Å². The van der Waals surface area contributed by atoms with Gasteiger partial charge in [-0.3, -0.25) is 9.59 Å². The monoisotopic (exact) mass is 597 g/mol. The van der Waals surface area contributed by atoms with E-state index < -0.39 is 0 Å². The van der Waals surface area contributed by atoms with Crippen molar-refractivity contribution in [2.75, 3.05) is 13.2 Å². The minimum Gasteiger partial charge on any atom is -0.465 e. The van der Waals surface area contributed by atoms with Crippen molar-refractivity contribution in [3.63, 3.8) is 0 Å². The number of hydrogen-bond donors (Lipinski definition) is 0. The zero-order valence-electron chi connectivity index (χ0n) is 25.2. The lowest BCUT2D eigenvalue weighted by Gasteiger charge is -2.25. The third kappa shape index (κ3) is 6.88. The Balaban J connectivity index is 1.26. The number of esters is 1. The van der Waals surface area contributed by atoms with Crippen LogP contribution in [0.15, 0.2) is 132 Å². The van der Waals surface area contributed by atoms with Crippen LogP contribution in [0.3, 0.4) is 0 Å². The molecular weight excluding hydrogens is 562 g/mol. The topological polar surface area (TPSA) is 77.6 Å². The highest BCUT2D eigenvalue weighted by Gasteiger charge is 2.22. The Morgan fingerprint density at radius 2 is 1.51 bits per heavy atom. The van der Waals surface area contributed by atoms with Crippen molar-refractivity contribution in [1.82, 2.24) is 14.5 Å². The average Bonchev–Trinajstić information content (AvgIpc) is 3.72. The maximum Gasteiger partial charge on any atom is 0.325 e. The van der Waals surface area contributed by atoms with Gasteiger partial charge in [0.1, 0.15) is 12.8 Å². The SMILES string of the molecule is CCOC(=O)Cn1ccc2c(-c3nc(CN(CCC(c4ccccc4)c4ccccc4)C(=O)c4ccccc4)co3)cccc21. The molecule has 0 saturated heterocycles. The molecule has 226 valence electrons. The molecule has 0 aliphatic rings. The number of benzene rings is 4. The molecule has 45 heavy (non-hydrogen) atoms. The first kappa shape index (κ1) is 29.6. The van der Waals surface area contributed by atoms with Gasteiger partial charge in [-0.1, -0.05) is 84.9 Å². The number of ether oxygens (including phenoxy) is 1. The van der Waals surface area contributed by atoms with Crippen LogP contribution in [0, 0.1) is 0 Å². The highest BCUT2D eigenvalue weighted by Crippen LogP contribution is 2.31. The van der Waals surface area contributed by atoms with Crippen LogP contribution in [-0.2, 0) is 22.6 Å². The number of hydrogen-bond acceptors (Lipinski definition) is 5. The molecular formula is C38H35N3O4. The van der Waals surface area contributed by atoms with Gasteiger partial charge in [0.05, 0.1) is 18.8 Å². The van der Waals surface area contributed by atoms with Gasteiger partial charge in [-0.2, -0.15) is 0 Å². The van der Waals surface area contributed by atoms with Crippen molar-refractivity contribution in [2.24, 2.45) is 0 Å². The van der Waals surface area contributed by atoms with E-state index in [0.717, 1.165) is 22.9 Å². The number of fused-ring (bicyclic) bond motifs is 1. The number of oxazole rings is 1. The molecule has 2 aromatic heterocycles. The molecule has 0 radical (unpaired) electrons. The first-order valence-corrected chi connectivity index (χ1v) is 15.2. The highest BCUT2D eigenvalue weighted by atomic mass is 16.5. The molecule has 6 rings (SSSR count). The van der Waals surface area contributed by atoms with Gasteiger partial charge in [-0.05, 0) is 54.8 Å². The summed E-state index contributed by atoms with van der Waals surface area (Å²) >= 11 is 0. The van der Waals surface area contributed by atoms with E-state index in [1.807, 2.05) is 82.4 Å². The van der Waals surface area contributed by atoms with Crippen molar-refractivity contribution in [2.45, 2.75) is 32.4 Å². The molecule has 0 unspecified atom stereocenters. The van der Waals surface area contributed by atoms with Crippen LogP contribution < -0.4 is 0 Å². The Labute approximate surface area is 262 Å². The van der Waals surface area contributed by atoms with E-state index in [4.69, 9.17) is 14.1 Å². The quantitative estimate of drug-likeness (QED) is 0.135. The van der Waals surface area contributed by atoms with Crippen LogP contribution in [0.25, 0.3) is 22.4 Å². The third-order valence-electron chi connectivity index (χ3n) is 7.95. The fourth-order valence-corrected chi connectivity index (χ4v) is 5.79. The minimum absolute atomic E-state index is 0.0573. The highest BCUT2D eigenvalue weighted by molar-refractivity contribution is 5.95. The summed E-state index contributed by atoms with van der Waals surface area (Å²) in [5.74, 6) is 0.243. The summed E-state index contributed by atoms with van der Waals surface area (Å²) in [6.45, 7) is 3.08. The van der Waals surface area contributed by atoms with Gasteiger partial charge in [0, 0.05) is 40.7 Å². The standard InChI is InChI=1S/C38H35N3O4/c1-2-44-36(42)26-40-23-22-33-34(19-12-20-35(33)40)37-39-31(27-45-37)25-41(38(43)30-17-10-5-11-18-30)24-21-32(28-13-6-3-7-14-28)29-15-8-4-9-16-29/h3-20,22-23,27,32H,2,21,24-26H2,1H3. The summed E-state index contributed by atoms with van der Waals surface area (Å²) in [6.07, 6.45) is 4.23. The number of aromatic nitrogens is 2. The zero-order valence-corrected chi connectivity index (χ0v) is 25.2. The van der Waals surface area contributed by atoms with Gasteiger partial charge in [0.15, 0.2) is 0 Å². The van der Waals surface area contributed by atoms with Crippen LogP contribution in [0.1, 0.15) is 46.4 Å². The predicted octanol–water partition coefficient (Wildman–Crippen LogP) is 7.72. The molecule has 1 amide bonds. The Morgan fingerprint density at radius 3 is 2.18 bits per heavy atom. The second-order valence-corrected chi connectivity index (χ2v) is 10.9. The largest absolute Gasteiger partial charge is 0.465 e. The summed E-state index contributed by atoms with van der Waals surface area (Å²) in [4.78, 5) is 32.7. The maximum atomic E-state index is 13.9. The van der Waals surface area contributed by atoms with Crippen LogP contribution >= 0.6 is 0 Å². The summed E-state index contributed by atoms with van der Waals surface area (Å²) < 4.78 is 13.0. The molecule has 0 bridgehead atoms. The van der Waals surface area contributed by atoms with Gasteiger partial charge < -0.3 is 18.6 Å². The smallest absolute Gasteiger partial charge is 0.325 e. The lowest BCUT2D eigenvalue weighted by atomic mass is 9.88. The average molecular weight is 598 g/mol. The summed E-state index contributed by atoms with van der Waals surface area (Å²) in [5, 5.41) is 0.918. The minimum atomic E-state index is -0.288. The number of carbonyl (C=O) groups is 2. The van der Waals surface area contributed by atoms with Gasteiger partial charge >= 0.3 is 5.97 Å². The maximum absolute atomic E-state index is 13.9.